The predicted octanol–water partition coefficient (Wildman–Crippen LogP) is 4.07. The van der Waals surface area contributed by atoms with Crippen LogP contribution in [0.25, 0.3) is 0 Å². The minimum atomic E-state index is -3.74. The number of nitrogens with one attached hydrogen (secondary N) is 2. The van der Waals surface area contributed by atoms with E-state index in [0.29, 0.717) is 16.9 Å². The summed E-state index contributed by atoms with van der Waals surface area (Å²) >= 11 is 5.85. The molecule has 0 saturated heterocycles. The van der Waals surface area contributed by atoms with Crippen LogP contribution < -0.4 is 10.0 Å². The summed E-state index contributed by atoms with van der Waals surface area (Å²) in [6.07, 6.45) is 7.28. The maximum atomic E-state index is 12.3. The second-order valence-corrected chi connectivity index (χ2v) is 8.32. The highest BCUT2D eigenvalue weighted by atomic mass is 35.5. The van der Waals surface area contributed by atoms with Gasteiger partial charge in [-0.25, -0.2) is 8.42 Å². The number of hydrogen-bond donors (Lipinski definition) is 2. The van der Waals surface area contributed by atoms with Crippen LogP contribution >= 0.6 is 11.6 Å². The second kappa shape index (κ2) is 8.01. The quantitative estimate of drug-likeness (QED) is 0.764. The fourth-order valence-corrected chi connectivity index (χ4v) is 4.22. The summed E-state index contributed by atoms with van der Waals surface area (Å²) in [7, 11) is -3.74. The zero-order valence-electron chi connectivity index (χ0n) is 13.8. The van der Waals surface area contributed by atoms with Crippen molar-refractivity contribution in [2.24, 2.45) is 0 Å². The van der Waals surface area contributed by atoms with Gasteiger partial charge in [-0.2, -0.15) is 0 Å². The number of halogens is 1. The molecule has 0 atom stereocenters. The van der Waals surface area contributed by atoms with Crippen LogP contribution in [0.4, 0.5) is 11.6 Å². The molecule has 1 aromatic heterocycles. The lowest BCUT2D eigenvalue weighted by atomic mass is 10.1. The fourth-order valence-electron chi connectivity index (χ4n) is 2.93. The van der Waals surface area contributed by atoms with E-state index in [1.165, 1.54) is 37.8 Å². The second-order valence-electron chi connectivity index (χ2n) is 6.20. The van der Waals surface area contributed by atoms with E-state index in [9.17, 15) is 8.42 Å². The number of hydrogen-bond acceptors (Lipinski definition) is 5. The van der Waals surface area contributed by atoms with Crippen LogP contribution in [0.15, 0.2) is 41.3 Å². The first-order chi connectivity index (χ1) is 12.0. The maximum absolute atomic E-state index is 12.3. The van der Waals surface area contributed by atoms with E-state index in [2.05, 4.69) is 20.2 Å². The van der Waals surface area contributed by atoms with Crippen LogP contribution in [0.1, 0.15) is 38.5 Å². The molecule has 1 aliphatic carbocycles. The third kappa shape index (κ3) is 5.06. The Kier molecular flexibility index (Phi) is 5.75. The molecule has 8 heteroatoms. The largest absolute Gasteiger partial charge is 0.366 e. The van der Waals surface area contributed by atoms with Crippen molar-refractivity contribution < 1.29 is 8.42 Å². The molecule has 134 valence electrons. The van der Waals surface area contributed by atoms with Gasteiger partial charge in [0.25, 0.3) is 10.0 Å². The van der Waals surface area contributed by atoms with Gasteiger partial charge in [0.15, 0.2) is 5.82 Å². The molecule has 2 aromatic rings. The lowest BCUT2D eigenvalue weighted by molar-refractivity contribution is 0.601. The molecule has 0 amide bonds. The smallest absolute Gasteiger partial charge is 0.263 e. The number of rotatable bonds is 5. The number of benzene rings is 1. The Bertz CT molecular complexity index is 804. The molecular weight excluding hydrogens is 360 g/mol. The first-order valence-electron chi connectivity index (χ1n) is 8.41. The lowest BCUT2D eigenvalue weighted by Gasteiger charge is -2.16. The van der Waals surface area contributed by atoms with Crippen LogP contribution in [0.2, 0.25) is 5.02 Å². The van der Waals surface area contributed by atoms with E-state index in [0.717, 1.165) is 12.8 Å². The standard InChI is InChI=1S/C17H21ClN4O2S/c18-13-6-5-9-15(12-13)25(23,24)22-17-11-10-16(20-21-17)19-14-7-3-1-2-4-8-14/h5-6,9-12,14H,1-4,7-8H2,(H,19,20)(H,21,22). The molecule has 6 nitrogen and oxygen atoms in total. The zero-order valence-corrected chi connectivity index (χ0v) is 15.4. The van der Waals surface area contributed by atoms with Crippen molar-refractivity contribution in [2.75, 3.05) is 10.0 Å². The molecule has 1 aromatic carbocycles. The van der Waals surface area contributed by atoms with Crippen LogP contribution in [0.5, 0.6) is 0 Å². The minimum Gasteiger partial charge on any atom is -0.366 e. The van der Waals surface area contributed by atoms with Gasteiger partial charge in [-0.05, 0) is 43.2 Å². The Hall–Kier alpha value is -1.86. The van der Waals surface area contributed by atoms with Gasteiger partial charge in [-0.15, -0.1) is 10.2 Å². The van der Waals surface area contributed by atoms with Crippen LogP contribution in [0.3, 0.4) is 0 Å². The van der Waals surface area contributed by atoms with Crippen LogP contribution in [-0.2, 0) is 10.0 Å². The van der Waals surface area contributed by atoms with Gasteiger partial charge in [0.1, 0.15) is 5.82 Å². The molecule has 25 heavy (non-hydrogen) atoms. The minimum absolute atomic E-state index is 0.0856. The summed E-state index contributed by atoms with van der Waals surface area (Å²) in [5.41, 5.74) is 0. The number of aromatic nitrogens is 2. The third-order valence-corrected chi connectivity index (χ3v) is 5.80. The summed E-state index contributed by atoms with van der Waals surface area (Å²) in [5.74, 6) is 0.837. The van der Waals surface area contributed by atoms with Crippen molar-refractivity contribution in [1.82, 2.24) is 10.2 Å². The monoisotopic (exact) mass is 380 g/mol. The van der Waals surface area contributed by atoms with E-state index in [4.69, 9.17) is 11.6 Å². The van der Waals surface area contributed by atoms with Crippen molar-refractivity contribution in [2.45, 2.75) is 49.5 Å². The fraction of sp³-hybridized carbons (Fsp3) is 0.412. The molecule has 1 heterocycles. The van der Waals surface area contributed by atoms with E-state index < -0.39 is 10.0 Å². The molecule has 0 aliphatic heterocycles. The Balaban J connectivity index is 1.66. The van der Waals surface area contributed by atoms with E-state index in [1.807, 2.05) is 0 Å². The highest BCUT2D eigenvalue weighted by Gasteiger charge is 2.16. The molecule has 0 radical (unpaired) electrons. The van der Waals surface area contributed by atoms with Crippen molar-refractivity contribution in [3.8, 4) is 0 Å². The predicted molar refractivity (Wildman–Crippen MR) is 99.4 cm³/mol. The average Bonchev–Trinajstić information content (AvgIpc) is 2.85. The number of nitrogens with zero attached hydrogens (tertiary/aromatic N) is 2. The zero-order chi connectivity index (χ0) is 17.7. The summed E-state index contributed by atoms with van der Waals surface area (Å²) in [4.78, 5) is 0.0856. The Morgan fingerprint density at radius 1 is 0.960 bits per heavy atom. The Labute approximate surface area is 153 Å². The van der Waals surface area contributed by atoms with Crippen molar-refractivity contribution >= 4 is 33.3 Å². The summed E-state index contributed by atoms with van der Waals surface area (Å²) in [6.45, 7) is 0. The Morgan fingerprint density at radius 3 is 2.28 bits per heavy atom. The summed E-state index contributed by atoms with van der Waals surface area (Å²) in [5, 5.41) is 11.8. The first kappa shape index (κ1) is 17.9. The van der Waals surface area contributed by atoms with E-state index in [1.54, 1.807) is 24.3 Å². The van der Waals surface area contributed by atoms with Crippen LogP contribution in [0, 0.1) is 0 Å². The SMILES string of the molecule is O=S(=O)(Nc1ccc(NC2CCCCCC2)nn1)c1cccc(Cl)c1. The maximum Gasteiger partial charge on any atom is 0.263 e. The molecule has 2 N–H and O–H groups in total. The number of anilines is 2. The molecule has 3 rings (SSSR count). The van der Waals surface area contributed by atoms with Gasteiger partial charge in [0.05, 0.1) is 4.90 Å². The number of sulfonamides is 1. The molecule has 0 unspecified atom stereocenters. The third-order valence-electron chi connectivity index (χ3n) is 4.22. The Morgan fingerprint density at radius 2 is 1.64 bits per heavy atom. The van der Waals surface area contributed by atoms with Crippen LogP contribution in [-0.4, -0.2) is 24.7 Å². The molecular formula is C17H21ClN4O2S. The van der Waals surface area contributed by atoms with E-state index >= 15 is 0 Å². The van der Waals surface area contributed by atoms with Crippen molar-refractivity contribution in [1.29, 1.82) is 0 Å². The topological polar surface area (TPSA) is 84.0 Å². The average molecular weight is 381 g/mol. The van der Waals surface area contributed by atoms with Gasteiger partial charge in [0.2, 0.25) is 0 Å². The lowest BCUT2D eigenvalue weighted by Crippen LogP contribution is -2.19. The van der Waals surface area contributed by atoms with Crippen molar-refractivity contribution in [3.63, 3.8) is 0 Å². The van der Waals surface area contributed by atoms with Gasteiger partial charge < -0.3 is 5.32 Å². The first-order valence-corrected chi connectivity index (χ1v) is 10.3. The molecule has 1 fully saturated rings. The van der Waals surface area contributed by atoms with Crippen molar-refractivity contribution in [3.05, 3.63) is 41.4 Å². The highest BCUT2D eigenvalue weighted by Crippen LogP contribution is 2.21. The van der Waals surface area contributed by atoms with Gasteiger partial charge in [-0.1, -0.05) is 43.4 Å². The van der Waals surface area contributed by atoms with E-state index in [-0.39, 0.29) is 10.7 Å². The van der Waals surface area contributed by atoms with Gasteiger partial charge >= 0.3 is 0 Å². The molecule has 1 aliphatic rings. The summed E-state index contributed by atoms with van der Waals surface area (Å²) < 4.78 is 27.1. The molecule has 0 bridgehead atoms. The van der Waals surface area contributed by atoms with Gasteiger partial charge in [-0.3, -0.25) is 4.72 Å². The van der Waals surface area contributed by atoms with Gasteiger partial charge in [0, 0.05) is 11.1 Å². The molecule has 1 saturated carbocycles. The molecule has 0 spiro atoms. The highest BCUT2D eigenvalue weighted by molar-refractivity contribution is 7.92. The normalized spacial score (nSPS) is 16.2. The summed E-state index contributed by atoms with van der Waals surface area (Å²) in [6, 6.07) is 9.83.